The van der Waals surface area contributed by atoms with Gasteiger partial charge in [0.15, 0.2) is 6.10 Å². The van der Waals surface area contributed by atoms with Crippen molar-refractivity contribution in [3.8, 4) is 0 Å². The van der Waals surface area contributed by atoms with Gasteiger partial charge in [0.05, 0.1) is 0 Å². The molecule has 1 atom stereocenters. The van der Waals surface area contributed by atoms with Crippen LogP contribution in [0.2, 0.25) is 0 Å². The molecule has 0 aliphatic heterocycles. The van der Waals surface area contributed by atoms with Crippen molar-refractivity contribution >= 4 is 17.9 Å². The van der Waals surface area contributed by atoms with Crippen molar-refractivity contribution in [2.45, 2.75) is 284 Å². The first-order valence-electron chi connectivity index (χ1n) is 30.4. The lowest BCUT2D eigenvalue weighted by atomic mass is 10.0. The molecule has 6 heteroatoms. The van der Waals surface area contributed by atoms with Crippen LogP contribution in [0.15, 0.2) is 109 Å². The number of allylic oxidation sites excluding steroid dienone is 18. The molecule has 0 radical (unpaired) electrons. The lowest BCUT2D eigenvalue weighted by Gasteiger charge is -2.18. The Hall–Kier alpha value is -3.93. The van der Waals surface area contributed by atoms with E-state index in [1.165, 1.54) is 83.5 Å². The van der Waals surface area contributed by atoms with Gasteiger partial charge in [-0.2, -0.15) is 0 Å². The summed E-state index contributed by atoms with van der Waals surface area (Å²) in [5.74, 6) is -0.917. The lowest BCUT2D eigenvalue weighted by molar-refractivity contribution is -0.167. The highest BCUT2D eigenvalue weighted by molar-refractivity contribution is 5.71. The molecule has 0 fully saturated rings. The van der Waals surface area contributed by atoms with E-state index in [-0.39, 0.29) is 31.1 Å². The Bertz CT molecular complexity index is 1490. The zero-order valence-corrected chi connectivity index (χ0v) is 47.6. The zero-order chi connectivity index (χ0) is 52.9. The Morgan fingerprint density at radius 3 is 0.836 bits per heavy atom. The van der Waals surface area contributed by atoms with E-state index < -0.39 is 6.10 Å². The SMILES string of the molecule is CC/C=C\C/C=C\C/C=C\C/C=C\C/C=C\CCCCCCCCCCCCCCCC(=O)OCC(COC(=O)CCCCCCC/C=C\C/C=C\CCC)OC(=O)CCCCCCC/C=C\C/C=C\CCC. The summed E-state index contributed by atoms with van der Waals surface area (Å²) in [4.78, 5) is 38.2. The van der Waals surface area contributed by atoms with E-state index >= 15 is 0 Å². The maximum absolute atomic E-state index is 12.8. The molecule has 0 aliphatic rings. The molecule has 0 saturated carbocycles. The summed E-state index contributed by atoms with van der Waals surface area (Å²) < 4.78 is 16.8. The third-order valence-electron chi connectivity index (χ3n) is 12.7. The fourth-order valence-electron chi connectivity index (χ4n) is 8.19. The van der Waals surface area contributed by atoms with Crippen LogP contribution < -0.4 is 0 Å². The van der Waals surface area contributed by atoms with Crippen LogP contribution in [-0.2, 0) is 28.6 Å². The molecule has 0 aromatic carbocycles. The largest absolute Gasteiger partial charge is 0.462 e. The van der Waals surface area contributed by atoms with E-state index in [9.17, 15) is 14.4 Å². The van der Waals surface area contributed by atoms with Gasteiger partial charge in [-0.3, -0.25) is 14.4 Å². The lowest BCUT2D eigenvalue weighted by Crippen LogP contribution is -2.30. The Balaban J connectivity index is 4.23. The Morgan fingerprint density at radius 1 is 0.288 bits per heavy atom. The number of ether oxygens (including phenoxy) is 3. The second kappa shape index (κ2) is 60.6. The highest BCUT2D eigenvalue weighted by atomic mass is 16.6. The van der Waals surface area contributed by atoms with Gasteiger partial charge in [-0.25, -0.2) is 0 Å². The quantitative estimate of drug-likeness (QED) is 0.0261. The second-order valence-electron chi connectivity index (χ2n) is 19.9. The van der Waals surface area contributed by atoms with Crippen molar-refractivity contribution in [1.82, 2.24) is 0 Å². The molecule has 0 saturated heterocycles. The number of unbranched alkanes of at least 4 members (excludes halogenated alkanes) is 25. The van der Waals surface area contributed by atoms with Crippen LogP contribution in [0.3, 0.4) is 0 Å². The zero-order valence-electron chi connectivity index (χ0n) is 47.6. The van der Waals surface area contributed by atoms with Crippen molar-refractivity contribution in [3.05, 3.63) is 109 Å². The molecule has 0 amide bonds. The van der Waals surface area contributed by atoms with Crippen LogP contribution in [0.4, 0.5) is 0 Å². The molecule has 6 nitrogen and oxygen atoms in total. The molecule has 416 valence electrons. The molecule has 0 N–H and O–H groups in total. The van der Waals surface area contributed by atoms with E-state index in [4.69, 9.17) is 14.2 Å². The average molecular weight is 1010 g/mol. The minimum Gasteiger partial charge on any atom is -0.462 e. The van der Waals surface area contributed by atoms with E-state index in [1.54, 1.807) is 0 Å². The molecular weight excluding hydrogens is 901 g/mol. The van der Waals surface area contributed by atoms with E-state index in [2.05, 4.69) is 130 Å². The van der Waals surface area contributed by atoms with Crippen molar-refractivity contribution in [2.24, 2.45) is 0 Å². The normalized spacial score (nSPS) is 12.9. The number of rotatable bonds is 54. The highest BCUT2D eigenvalue weighted by Gasteiger charge is 2.19. The van der Waals surface area contributed by atoms with E-state index in [0.717, 1.165) is 154 Å². The summed E-state index contributed by atoms with van der Waals surface area (Å²) in [6.45, 7) is 6.38. The van der Waals surface area contributed by atoms with Crippen LogP contribution in [0.5, 0.6) is 0 Å². The summed E-state index contributed by atoms with van der Waals surface area (Å²) in [5.41, 5.74) is 0. The first kappa shape index (κ1) is 69.1. The summed E-state index contributed by atoms with van der Waals surface area (Å²) in [6.07, 6.45) is 82.4. The number of carbonyl (C=O) groups is 3. The van der Waals surface area contributed by atoms with Crippen molar-refractivity contribution in [1.29, 1.82) is 0 Å². The van der Waals surface area contributed by atoms with Gasteiger partial charge >= 0.3 is 17.9 Å². The Kier molecular flexibility index (Phi) is 57.4. The molecule has 0 aromatic heterocycles. The first-order chi connectivity index (χ1) is 36.0. The van der Waals surface area contributed by atoms with Crippen molar-refractivity contribution in [2.75, 3.05) is 13.2 Å². The molecule has 0 heterocycles. The monoisotopic (exact) mass is 1010 g/mol. The fraction of sp³-hybridized carbons (Fsp3) is 0.687. The number of carbonyl (C=O) groups excluding carboxylic acids is 3. The number of esters is 3. The first-order valence-corrected chi connectivity index (χ1v) is 30.4. The van der Waals surface area contributed by atoms with Crippen molar-refractivity contribution in [3.63, 3.8) is 0 Å². The predicted octanol–water partition coefficient (Wildman–Crippen LogP) is 20.7. The topological polar surface area (TPSA) is 78.9 Å². The molecule has 1 unspecified atom stereocenters. The van der Waals surface area contributed by atoms with Crippen LogP contribution in [-0.4, -0.2) is 37.2 Å². The predicted molar refractivity (Wildman–Crippen MR) is 316 cm³/mol. The Morgan fingerprint density at radius 2 is 0.534 bits per heavy atom. The maximum atomic E-state index is 12.8. The molecular formula is C67H112O6. The summed E-state index contributed by atoms with van der Waals surface area (Å²) in [6, 6.07) is 0. The van der Waals surface area contributed by atoms with Gasteiger partial charge in [0, 0.05) is 19.3 Å². The van der Waals surface area contributed by atoms with Gasteiger partial charge in [-0.1, -0.05) is 252 Å². The van der Waals surface area contributed by atoms with E-state index in [1.807, 2.05) is 0 Å². The molecule has 0 spiro atoms. The third kappa shape index (κ3) is 58.8. The summed E-state index contributed by atoms with van der Waals surface area (Å²) in [7, 11) is 0. The molecule has 0 aliphatic carbocycles. The van der Waals surface area contributed by atoms with Crippen LogP contribution in [0, 0.1) is 0 Å². The van der Waals surface area contributed by atoms with Crippen molar-refractivity contribution < 1.29 is 28.6 Å². The summed E-state index contributed by atoms with van der Waals surface area (Å²) >= 11 is 0. The van der Waals surface area contributed by atoms with Crippen LogP contribution in [0.25, 0.3) is 0 Å². The fourth-order valence-corrected chi connectivity index (χ4v) is 8.19. The standard InChI is InChI=1S/C67H112O6/c1-4-7-10-13-16-19-22-25-26-27-28-29-30-31-32-33-34-35-36-37-38-39-40-43-45-48-51-54-57-60-66(69)72-63-64(73-67(70)61-58-55-52-49-46-42-24-21-18-15-12-9-6-3)62-71-65(68)59-56-53-50-47-44-41-23-20-17-14-11-8-5-2/h7,10-12,14-16,19-21,23-26,28-29,31-32,64H,4-6,8-9,13,17-18,22,27,30,33-63H2,1-3H3/b10-7-,14-11-,15-12-,19-16-,23-20-,24-21-,26-25-,29-28-,32-31-. The smallest absolute Gasteiger partial charge is 0.306 e. The molecule has 0 aromatic rings. The molecule has 73 heavy (non-hydrogen) atoms. The van der Waals surface area contributed by atoms with Gasteiger partial charge in [-0.05, 0) is 116 Å². The molecule has 0 rings (SSSR count). The highest BCUT2D eigenvalue weighted by Crippen LogP contribution is 2.15. The number of hydrogen-bond donors (Lipinski definition) is 0. The van der Waals surface area contributed by atoms with Gasteiger partial charge in [0.25, 0.3) is 0 Å². The Labute approximate surface area is 450 Å². The number of hydrogen-bond acceptors (Lipinski definition) is 6. The second-order valence-corrected chi connectivity index (χ2v) is 19.9. The molecule has 0 bridgehead atoms. The van der Waals surface area contributed by atoms with Gasteiger partial charge < -0.3 is 14.2 Å². The minimum absolute atomic E-state index is 0.0889. The average Bonchev–Trinajstić information content (AvgIpc) is 3.39. The minimum atomic E-state index is -0.792. The van der Waals surface area contributed by atoms with Crippen LogP contribution >= 0.6 is 0 Å². The van der Waals surface area contributed by atoms with Gasteiger partial charge in [0.1, 0.15) is 13.2 Å². The van der Waals surface area contributed by atoms with Gasteiger partial charge in [-0.15, -0.1) is 0 Å². The summed E-state index contributed by atoms with van der Waals surface area (Å²) in [5, 5.41) is 0. The van der Waals surface area contributed by atoms with E-state index in [0.29, 0.717) is 19.3 Å². The van der Waals surface area contributed by atoms with Gasteiger partial charge in [0.2, 0.25) is 0 Å². The van der Waals surface area contributed by atoms with Crippen LogP contribution in [0.1, 0.15) is 278 Å². The maximum Gasteiger partial charge on any atom is 0.306 e. The third-order valence-corrected chi connectivity index (χ3v) is 12.7.